The van der Waals surface area contributed by atoms with Crippen LogP contribution >= 0.6 is 0 Å². The van der Waals surface area contributed by atoms with E-state index in [1.807, 2.05) is 20.8 Å². The molecule has 1 heterocycles. The summed E-state index contributed by atoms with van der Waals surface area (Å²) in [6.07, 6.45) is 2.78. The molecule has 2 atom stereocenters. The predicted octanol–water partition coefficient (Wildman–Crippen LogP) is 2.69. The maximum atomic E-state index is 9.60. The van der Waals surface area contributed by atoms with Gasteiger partial charge >= 0.3 is 0 Å². The minimum Gasteiger partial charge on any atom is -0.462 e. The Kier molecular flexibility index (Phi) is 6.65. The van der Waals surface area contributed by atoms with Crippen LogP contribution in [-0.4, -0.2) is 36.6 Å². The number of hydrogen-bond donors (Lipinski definition) is 0. The van der Waals surface area contributed by atoms with Gasteiger partial charge in [0.1, 0.15) is 5.60 Å². The molecule has 1 saturated heterocycles. The fourth-order valence-electron chi connectivity index (χ4n) is 1.67. The van der Waals surface area contributed by atoms with Crippen LogP contribution < -0.4 is 0 Å². The molecule has 3 heteroatoms. The average Bonchev–Trinajstić information content (AvgIpc) is 2.11. The van der Waals surface area contributed by atoms with Crippen molar-refractivity contribution < 1.29 is 9.53 Å². The highest BCUT2D eigenvalue weighted by atomic mass is 16.5. The van der Waals surface area contributed by atoms with E-state index in [0.717, 1.165) is 12.0 Å². The Balaban J connectivity index is 0.000000293. The van der Waals surface area contributed by atoms with Gasteiger partial charge in [-0.2, -0.15) is 0 Å². The van der Waals surface area contributed by atoms with Gasteiger partial charge in [0.25, 0.3) is 6.47 Å². The van der Waals surface area contributed by atoms with Crippen LogP contribution in [0.4, 0.5) is 0 Å². The van der Waals surface area contributed by atoms with E-state index >= 15 is 0 Å². The fourth-order valence-corrected chi connectivity index (χ4v) is 1.67. The van der Waals surface area contributed by atoms with E-state index in [-0.39, 0.29) is 5.60 Å². The molecule has 1 aliphatic heterocycles. The smallest absolute Gasteiger partial charge is 0.293 e. The van der Waals surface area contributed by atoms with Gasteiger partial charge in [0, 0.05) is 6.04 Å². The molecule has 0 saturated carbocycles. The predicted molar refractivity (Wildman–Crippen MR) is 67.4 cm³/mol. The molecule has 0 bridgehead atoms. The molecular weight excluding hydrogens is 202 g/mol. The van der Waals surface area contributed by atoms with Crippen LogP contribution in [0.5, 0.6) is 0 Å². The summed E-state index contributed by atoms with van der Waals surface area (Å²) in [5, 5.41) is 0. The van der Waals surface area contributed by atoms with E-state index in [0.29, 0.717) is 6.47 Å². The van der Waals surface area contributed by atoms with E-state index in [1.165, 1.54) is 19.4 Å². The molecule has 0 N–H and O–H groups in total. The zero-order valence-electron chi connectivity index (χ0n) is 11.6. The van der Waals surface area contributed by atoms with Gasteiger partial charge in [0.2, 0.25) is 0 Å². The highest BCUT2D eigenvalue weighted by Gasteiger charge is 2.18. The van der Waals surface area contributed by atoms with E-state index in [4.69, 9.17) is 0 Å². The van der Waals surface area contributed by atoms with Crippen LogP contribution in [0.2, 0.25) is 0 Å². The van der Waals surface area contributed by atoms with Crippen molar-refractivity contribution in [3.63, 3.8) is 0 Å². The summed E-state index contributed by atoms with van der Waals surface area (Å²) >= 11 is 0. The van der Waals surface area contributed by atoms with Crippen LogP contribution in [0, 0.1) is 5.92 Å². The van der Waals surface area contributed by atoms with Gasteiger partial charge in [-0.1, -0.05) is 6.92 Å². The first-order valence-corrected chi connectivity index (χ1v) is 6.08. The Labute approximate surface area is 100 Å². The molecule has 1 aliphatic rings. The minimum absolute atomic E-state index is 0.318. The van der Waals surface area contributed by atoms with Gasteiger partial charge in [-0.3, -0.25) is 4.79 Å². The Hall–Kier alpha value is -0.570. The second kappa shape index (κ2) is 6.89. The van der Waals surface area contributed by atoms with E-state index < -0.39 is 0 Å². The Bertz CT molecular complexity index is 199. The molecule has 1 fully saturated rings. The standard InChI is InChI=1S/C8H17N.C5H10O2/c1-7-4-5-9(3)8(2)6-7;1-5(2,3)7-4-6/h7-8H,4-6H2,1-3H3;4H,1-3H3/t7-,8-;/m1./s1. The Morgan fingerprint density at radius 2 is 1.88 bits per heavy atom. The van der Waals surface area contributed by atoms with Gasteiger partial charge in [-0.15, -0.1) is 0 Å². The average molecular weight is 229 g/mol. The van der Waals surface area contributed by atoms with E-state index in [9.17, 15) is 4.79 Å². The summed E-state index contributed by atoms with van der Waals surface area (Å²) in [5.74, 6) is 0.955. The van der Waals surface area contributed by atoms with Crippen molar-refractivity contribution in [2.75, 3.05) is 13.6 Å². The van der Waals surface area contributed by atoms with Crippen LogP contribution in [-0.2, 0) is 9.53 Å². The van der Waals surface area contributed by atoms with Crippen molar-refractivity contribution in [1.82, 2.24) is 4.90 Å². The van der Waals surface area contributed by atoms with Gasteiger partial charge in [-0.25, -0.2) is 0 Å². The number of carbonyl (C=O) groups is 1. The molecule has 3 nitrogen and oxygen atoms in total. The second-order valence-corrected chi connectivity index (χ2v) is 5.79. The topological polar surface area (TPSA) is 29.5 Å². The number of likely N-dealkylation sites (tertiary alicyclic amines) is 1. The summed E-state index contributed by atoms with van der Waals surface area (Å²) < 4.78 is 4.55. The fraction of sp³-hybridized carbons (Fsp3) is 0.923. The molecule has 0 radical (unpaired) electrons. The number of piperidine rings is 1. The van der Waals surface area contributed by atoms with Gasteiger partial charge in [0.15, 0.2) is 0 Å². The van der Waals surface area contributed by atoms with E-state index in [1.54, 1.807) is 0 Å². The highest BCUT2D eigenvalue weighted by molar-refractivity contribution is 5.37. The van der Waals surface area contributed by atoms with Crippen LogP contribution in [0.15, 0.2) is 0 Å². The number of rotatable bonds is 1. The first-order valence-electron chi connectivity index (χ1n) is 6.08. The first-order chi connectivity index (χ1) is 7.26. The van der Waals surface area contributed by atoms with Crippen molar-refractivity contribution in [1.29, 1.82) is 0 Å². The molecule has 0 aromatic carbocycles. The molecule has 1 rings (SSSR count). The molecule has 96 valence electrons. The molecule has 16 heavy (non-hydrogen) atoms. The lowest BCUT2D eigenvalue weighted by molar-refractivity contribution is -0.138. The highest BCUT2D eigenvalue weighted by Crippen LogP contribution is 2.19. The number of nitrogens with zero attached hydrogens (tertiary/aromatic N) is 1. The maximum Gasteiger partial charge on any atom is 0.293 e. The van der Waals surface area contributed by atoms with Crippen molar-refractivity contribution in [2.24, 2.45) is 5.92 Å². The SMILES string of the molecule is CC(C)(C)OC=O.C[C@@H]1CCN(C)[C@H](C)C1. The molecule has 0 aliphatic carbocycles. The molecule has 0 unspecified atom stereocenters. The van der Waals surface area contributed by atoms with Gasteiger partial charge < -0.3 is 9.64 Å². The molecule has 0 aromatic rings. The quantitative estimate of drug-likeness (QED) is 0.647. The maximum absolute atomic E-state index is 9.60. The summed E-state index contributed by atoms with van der Waals surface area (Å²) in [6.45, 7) is 11.9. The molecule has 0 amide bonds. The van der Waals surface area contributed by atoms with Crippen molar-refractivity contribution in [3.8, 4) is 0 Å². The minimum atomic E-state index is -0.318. The number of ether oxygens (including phenoxy) is 1. The van der Waals surface area contributed by atoms with Gasteiger partial charge in [0.05, 0.1) is 0 Å². The third kappa shape index (κ3) is 7.69. The largest absolute Gasteiger partial charge is 0.462 e. The first kappa shape index (κ1) is 15.4. The number of hydrogen-bond acceptors (Lipinski definition) is 3. The van der Waals surface area contributed by atoms with Crippen molar-refractivity contribution >= 4 is 6.47 Å². The summed E-state index contributed by atoms with van der Waals surface area (Å²) in [4.78, 5) is 12.0. The third-order valence-electron chi connectivity index (χ3n) is 2.87. The molecule has 0 aromatic heterocycles. The van der Waals surface area contributed by atoms with E-state index in [2.05, 4.69) is 30.5 Å². The van der Waals surface area contributed by atoms with Crippen LogP contribution in [0.25, 0.3) is 0 Å². The van der Waals surface area contributed by atoms with Crippen LogP contribution in [0.3, 0.4) is 0 Å². The van der Waals surface area contributed by atoms with Crippen LogP contribution in [0.1, 0.15) is 47.5 Å². The second-order valence-electron chi connectivity index (χ2n) is 5.79. The lowest BCUT2D eigenvalue weighted by Gasteiger charge is -2.33. The van der Waals surface area contributed by atoms with Crippen molar-refractivity contribution in [3.05, 3.63) is 0 Å². The lowest BCUT2D eigenvalue weighted by Crippen LogP contribution is -2.36. The lowest BCUT2D eigenvalue weighted by atomic mass is 9.94. The molecular formula is C13H27NO2. The summed E-state index contributed by atoms with van der Waals surface area (Å²) in [5.41, 5.74) is -0.318. The monoisotopic (exact) mass is 229 g/mol. The summed E-state index contributed by atoms with van der Waals surface area (Å²) in [6, 6.07) is 0.814. The Morgan fingerprint density at radius 1 is 1.31 bits per heavy atom. The summed E-state index contributed by atoms with van der Waals surface area (Å²) in [7, 11) is 2.22. The normalized spacial score (nSPS) is 26.6. The molecule has 0 spiro atoms. The third-order valence-corrected chi connectivity index (χ3v) is 2.87. The number of carbonyl (C=O) groups excluding carboxylic acids is 1. The zero-order chi connectivity index (χ0) is 12.8. The van der Waals surface area contributed by atoms with Gasteiger partial charge in [-0.05, 0) is 60.0 Å². The Morgan fingerprint density at radius 3 is 2.12 bits per heavy atom. The van der Waals surface area contributed by atoms with Crippen molar-refractivity contribution in [2.45, 2.75) is 59.1 Å². The zero-order valence-corrected chi connectivity index (χ0v) is 11.6.